The lowest BCUT2D eigenvalue weighted by Crippen LogP contribution is -2.41. The molecule has 1 fully saturated rings. The molecule has 4 rings (SSSR count). The van der Waals surface area contributed by atoms with Crippen molar-refractivity contribution in [3.8, 4) is 0 Å². The summed E-state index contributed by atoms with van der Waals surface area (Å²) in [4.78, 5) is 14.7. The van der Waals surface area contributed by atoms with E-state index in [-0.39, 0.29) is 5.91 Å². The van der Waals surface area contributed by atoms with Gasteiger partial charge in [-0.05, 0) is 74.9 Å². The van der Waals surface area contributed by atoms with Crippen molar-refractivity contribution in [2.45, 2.75) is 38.5 Å². The van der Waals surface area contributed by atoms with E-state index in [0.717, 1.165) is 61.9 Å². The Kier molecular flexibility index (Phi) is 4.31. The van der Waals surface area contributed by atoms with Gasteiger partial charge in [-0.15, -0.1) is 0 Å². The van der Waals surface area contributed by atoms with Crippen LogP contribution in [0.4, 0.5) is 0 Å². The first-order valence-electron chi connectivity index (χ1n) is 9.19. The predicted octanol–water partition coefficient (Wildman–Crippen LogP) is 2.92. The van der Waals surface area contributed by atoms with Gasteiger partial charge in [0.15, 0.2) is 0 Å². The highest BCUT2D eigenvalue weighted by molar-refractivity contribution is 5.88. The van der Waals surface area contributed by atoms with Crippen molar-refractivity contribution < 1.29 is 9.21 Å². The Morgan fingerprint density at radius 2 is 2.00 bits per heavy atom. The lowest BCUT2D eigenvalue weighted by Gasteiger charge is -2.32. The Bertz CT molecular complexity index is 741. The van der Waals surface area contributed by atoms with E-state index in [2.05, 4.69) is 17.4 Å². The van der Waals surface area contributed by atoms with Gasteiger partial charge < -0.3 is 14.6 Å². The molecule has 0 unspecified atom stereocenters. The molecule has 4 heteroatoms. The van der Waals surface area contributed by atoms with E-state index >= 15 is 0 Å². The maximum Gasteiger partial charge on any atom is 0.227 e. The molecule has 2 heterocycles. The number of aryl methyl sites for hydroxylation is 2. The van der Waals surface area contributed by atoms with Crippen molar-refractivity contribution in [3.05, 3.63) is 35.1 Å². The maximum atomic E-state index is 12.7. The van der Waals surface area contributed by atoms with Crippen LogP contribution in [-0.4, -0.2) is 37.5 Å². The van der Waals surface area contributed by atoms with Gasteiger partial charge in [0.05, 0.1) is 12.7 Å². The molecule has 0 saturated carbocycles. The second-order valence-corrected chi connectivity index (χ2v) is 7.29. The van der Waals surface area contributed by atoms with Gasteiger partial charge in [-0.1, -0.05) is 0 Å². The Morgan fingerprint density at radius 1 is 1.25 bits per heavy atom. The van der Waals surface area contributed by atoms with Crippen molar-refractivity contribution in [1.82, 2.24) is 10.2 Å². The Morgan fingerprint density at radius 3 is 2.75 bits per heavy atom. The van der Waals surface area contributed by atoms with E-state index in [1.165, 1.54) is 17.5 Å². The highest BCUT2D eigenvalue weighted by Gasteiger charge is 2.24. The summed E-state index contributed by atoms with van der Waals surface area (Å²) in [7, 11) is 2.00. The highest BCUT2D eigenvalue weighted by atomic mass is 16.3. The van der Waals surface area contributed by atoms with Crippen LogP contribution in [0.5, 0.6) is 0 Å². The molecule has 4 nitrogen and oxygen atoms in total. The number of carbonyl (C=O) groups excluding carboxylic acids is 1. The third-order valence-corrected chi connectivity index (χ3v) is 5.67. The molecule has 1 aromatic heterocycles. The molecule has 0 radical (unpaired) electrons. The molecular weight excluding hydrogens is 300 g/mol. The van der Waals surface area contributed by atoms with E-state index in [9.17, 15) is 4.79 Å². The van der Waals surface area contributed by atoms with Gasteiger partial charge in [-0.3, -0.25) is 4.79 Å². The van der Waals surface area contributed by atoms with E-state index in [0.29, 0.717) is 12.3 Å². The number of nitrogens with one attached hydrogen (secondary N) is 1. The van der Waals surface area contributed by atoms with Crippen LogP contribution in [-0.2, 0) is 24.1 Å². The third-order valence-electron chi connectivity index (χ3n) is 5.67. The van der Waals surface area contributed by atoms with Crippen molar-refractivity contribution in [2.75, 3.05) is 26.7 Å². The molecular formula is C20H26N2O2. The second-order valence-electron chi connectivity index (χ2n) is 7.29. The van der Waals surface area contributed by atoms with Gasteiger partial charge in [0.2, 0.25) is 5.91 Å². The molecule has 1 aliphatic carbocycles. The average molecular weight is 326 g/mol. The fourth-order valence-corrected chi connectivity index (χ4v) is 4.23. The lowest BCUT2D eigenvalue weighted by molar-refractivity contribution is -0.131. The maximum absolute atomic E-state index is 12.7. The summed E-state index contributed by atoms with van der Waals surface area (Å²) < 4.78 is 5.73. The molecule has 0 spiro atoms. The van der Waals surface area contributed by atoms with Gasteiger partial charge in [-0.2, -0.15) is 0 Å². The van der Waals surface area contributed by atoms with Crippen molar-refractivity contribution in [1.29, 1.82) is 0 Å². The van der Waals surface area contributed by atoms with E-state index < -0.39 is 0 Å². The number of furan rings is 1. The summed E-state index contributed by atoms with van der Waals surface area (Å²) in [5.41, 5.74) is 4.83. The molecule has 1 saturated heterocycles. The minimum absolute atomic E-state index is 0.237. The van der Waals surface area contributed by atoms with Gasteiger partial charge in [0.25, 0.3) is 0 Å². The minimum atomic E-state index is 0.237. The Hall–Kier alpha value is -1.81. The summed E-state index contributed by atoms with van der Waals surface area (Å²) in [5.74, 6) is 0.942. The molecule has 128 valence electrons. The molecule has 0 atom stereocenters. The first-order valence-corrected chi connectivity index (χ1v) is 9.19. The van der Waals surface area contributed by atoms with Crippen LogP contribution in [0.15, 0.2) is 22.8 Å². The smallest absolute Gasteiger partial charge is 0.227 e. The number of rotatable bonds is 4. The lowest BCUT2D eigenvalue weighted by atomic mass is 9.96. The number of amides is 1. The molecule has 2 aliphatic rings. The normalized spacial score (nSPS) is 18.3. The number of hydrogen-bond donors (Lipinski definition) is 1. The summed E-state index contributed by atoms with van der Waals surface area (Å²) >= 11 is 0. The van der Waals surface area contributed by atoms with E-state index in [4.69, 9.17) is 4.42 Å². The molecule has 1 N–H and O–H groups in total. The van der Waals surface area contributed by atoms with Crippen LogP contribution < -0.4 is 5.32 Å². The largest absolute Gasteiger partial charge is 0.464 e. The van der Waals surface area contributed by atoms with Crippen LogP contribution in [0.1, 0.15) is 36.0 Å². The van der Waals surface area contributed by atoms with Gasteiger partial charge >= 0.3 is 0 Å². The van der Waals surface area contributed by atoms with Gasteiger partial charge in [-0.25, -0.2) is 0 Å². The molecule has 1 aromatic carbocycles. The monoisotopic (exact) mass is 326 g/mol. The van der Waals surface area contributed by atoms with E-state index in [1.807, 2.05) is 11.9 Å². The molecule has 0 bridgehead atoms. The van der Waals surface area contributed by atoms with Crippen molar-refractivity contribution in [2.24, 2.45) is 5.92 Å². The fourth-order valence-electron chi connectivity index (χ4n) is 4.23. The average Bonchev–Trinajstić information content (AvgIpc) is 3.20. The topological polar surface area (TPSA) is 45.5 Å². The van der Waals surface area contributed by atoms with Crippen LogP contribution in [0.2, 0.25) is 0 Å². The number of fused-ring (bicyclic) bond motifs is 2. The minimum Gasteiger partial charge on any atom is -0.464 e. The fraction of sp³-hybridized carbons (Fsp3) is 0.550. The number of piperidine rings is 1. The van der Waals surface area contributed by atoms with Crippen LogP contribution in [0.3, 0.4) is 0 Å². The summed E-state index contributed by atoms with van der Waals surface area (Å²) in [6.07, 6.45) is 7.99. The van der Waals surface area contributed by atoms with Gasteiger partial charge in [0, 0.05) is 24.0 Å². The first-order chi connectivity index (χ1) is 11.7. The Balaban J connectivity index is 1.45. The highest BCUT2D eigenvalue weighted by Crippen LogP contribution is 2.31. The zero-order valence-electron chi connectivity index (χ0n) is 14.4. The summed E-state index contributed by atoms with van der Waals surface area (Å²) in [5, 5.41) is 4.38. The standard InChI is InChI=1S/C20H26N2O2/c1-21-12-14-5-7-22(8-6-14)20(23)11-17-13-24-19-10-16-4-2-3-15(16)9-18(17)19/h9-10,13-14,21H,2-8,11-12H2,1H3. The second kappa shape index (κ2) is 6.60. The number of hydrogen-bond acceptors (Lipinski definition) is 3. The molecule has 2 aromatic rings. The SMILES string of the molecule is CNCC1CCN(C(=O)Cc2coc3cc4c(cc23)CCC4)CC1. The molecule has 24 heavy (non-hydrogen) atoms. The number of benzene rings is 1. The van der Waals surface area contributed by atoms with Crippen molar-refractivity contribution >= 4 is 16.9 Å². The first kappa shape index (κ1) is 15.7. The zero-order chi connectivity index (χ0) is 16.5. The van der Waals surface area contributed by atoms with Gasteiger partial charge in [0.1, 0.15) is 5.58 Å². The quantitative estimate of drug-likeness (QED) is 0.939. The molecule has 1 aliphatic heterocycles. The zero-order valence-corrected chi connectivity index (χ0v) is 14.4. The van der Waals surface area contributed by atoms with Crippen LogP contribution in [0, 0.1) is 5.92 Å². The van der Waals surface area contributed by atoms with Crippen LogP contribution in [0.25, 0.3) is 11.0 Å². The van der Waals surface area contributed by atoms with E-state index in [1.54, 1.807) is 6.26 Å². The third kappa shape index (κ3) is 2.95. The Labute approximate surface area is 143 Å². The van der Waals surface area contributed by atoms with Crippen molar-refractivity contribution in [3.63, 3.8) is 0 Å². The number of carbonyl (C=O) groups is 1. The van der Waals surface area contributed by atoms with Crippen LogP contribution >= 0.6 is 0 Å². The summed E-state index contributed by atoms with van der Waals surface area (Å²) in [6, 6.07) is 4.43. The predicted molar refractivity (Wildman–Crippen MR) is 95.2 cm³/mol. The number of nitrogens with zero attached hydrogens (tertiary/aromatic N) is 1. The number of likely N-dealkylation sites (tertiary alicyclic amines) is 1. The molecule has 1 amide bonds. The summed E-state index contributed by atoms with van der Waals surface area (Å²) in [6.45, 7) is 2.83.